The van der Waals surface area contributed by atoms with E-state index in [9.17, 15) is 4.79 Å². The molecule has 2 aliphatic rings. The molecule has 2 fully saturated rings. The summed E-state index contributed by atoms with van der Waals surface area (Å²) in [6.07, 6.45) is 3.88. The predicted octanol–water partition coefficient (Wildman–Crippen LogP) is 2.57. The van der Waals surface area contributed by atoms with E-state index in [1.54, 1.807) is 0 Å². The molecule has 0 atom stereocenters. The molecule has 166 valence electrons. The average molecular weight is 424 g/mol. The van der Waals surface area contributed by atoms with Gasteiger partial charge < -0.3 is 25.6 Å². The van der Waals surface area contributed by atoms with Gasteiger partial charge in [0.2, 0.25) is 5.91 Å². The van der Waals surface area contributed by atoms with Gasteiger partial charge >= 0.3 is 0 Å². The highest BCUT2D eigenvalue weighted by molar-refractivity contribution is 5.97. The third-order valence-corrected chi connectivity index (χ3v) is 6.45. The molecule has 0 radical (unpaired) electrons. The normalized spacial score (nSPS) is 17.5. The van der Waals surface area contributed by atoms with Gasteiger partial charge in [-0.1, -0.05) is 0 Å². The van der Waals surface area contributed by atoms with Crippen LogP contribution in [0.15, 0.2) is 30.5 Å². The largest absolute Gasteiger partial charge is 0.381 e. The van der Waals surface area contributed by atoms with E-state index in [4.69, 9.17) is 15.5 Å². The van der Waals surface area contributed by atoms with Gasteiger partial charge in [-0.05, 0) is 62.1 Å². The molecule has 1 amide bonds. The summed E-state index contributed by atoms with van der Waals surface area (Å²) in [6, 6.07) is 8.65. The van der Waals surface area contributed by atoms with Crippen molar-refractivity contribution in [3.05, 3.63) is 41.6 Å². The van der Waals surface area contributed by atoms with Gasteiger partial charge in [-0.2, -0.15) is 0 Å². The fourth-order valence-corrected chi connectivity index (χ4v) is 4.68. The summed E-state index contributed by atoms with van der Waals surface area (Å²) in [5.41, 5.74) is 10.3. The second-order valence-corrected chi connectivity index (χ2v) is 8.30. The number of benzene rings is 1. The number of carbonyl (C=O) groups excluding carboxylic acids is 1. The van der Waals surface area contributed by atoms with Crippen molar-refractivity contribution in [1.82, 2.24) is 10.3 Å². The van der Waals surface area contributed by atoms with Gasteiger partial charge in [-0.15, -0.1) is 0 Å². The van der Waals surface area contributed by atoms with Crippen LogP contribution in [0.1, 0.15) is 35.7 Å². The summed E-state index contributed by atoms with van der Waals surface area (Å²) in [5.74, 6) is 0.596. The Morgan fingerprint density at radius 2 is 1.97 bits per heavy atom. The summed E-state index contributed by atoms with van der Waals surface area (Å²) in [6.45, 7) is 10.5. The number of ether oxygens (including phenoxy) is 1. The lowest BCUT2D eigenvalue weighted by atomic mass is 9.96. The number of rotatable bonds is 6. The van der Waals surface area contributed by atoms with Gasteiger partial charge in [0.15, 0.2) is 0 Å². The zero-order valence-electron chi connectivity index (χ0n) is 18.6. The SMILES string of the molecule is CCN(c1cc(-c2ccc(N3CCNCC3)nc2)cc(C(N)=O)c1C)C1CCOCC1. The second kappa shape index (κ2) is 9.66. The number of amides is 1. The molecule has 1 aromatic heterocycles. The van der Waals surface area contributed by atoms with Gasteiger partial charge in [0.1, 0.15) is 5.82 Å². The summed E-state index contributed by atoms with van der Waals surface area (Å²) < 4.78 is 5.56. The topological polar surface area (TPSA) is 83.7 Å². The molecule has 2 aromatic rings. The van der Waals surface area contributed by atoms with Crippen molar-refractivity contribution in [2.45, 2.75) is 32.7 Å². The number of pyridine rings is 1. The Balaban J connectivity index is 1.69. The highest BCUT2D eigenvalue weighted by Gasteiger charge is 2.24. The number of hydrogen-bond donors (Lipinski definition) is 2. The minimum absolute atomic E-state index is 0.394. The van der Waals surface area contributed by atoms with Gasteiger partial charge in [-0.3, -0.25) is 4.79 Å². The fraction of sp³-hybridized carbons (Fsp3) is 0.500. The number of anilines is 2. The Hall–Kier alpha value is -2.64. The fourth-order valence-electron chi connectivity index (χ4n) is 4.68. The summed E-state index contributed by atoms with van der Waals surface area (Å²) in [5, 5.41) is 3.37. The number of nitrogens with zero attached hydrogens (tertiary/aromatic N) is 3. The number of aromatic nitrogens is 1. The standard InChI is InChI=1S/C24H33N5O2/c1-3-29(20-6-12-31-13-7-20)22-15-19(14-21(17(22)2)24(25)30)18-4-5-23(27-16-18)28-10-8-26-9-11-28/h4-5,14-16,20,26H,3,6-13H2,1-2H3,(H2,25,30). The zero-order valence-corrected chi connectivity index (χ0v) is 18.6. The van der Waals surface area contributed by atoms with Crippen molar-refractivity contribution in [3.63, 3.8) is 0 Å². The quantitative estimate of drug-likeness (QED) is 0.743. The number of nitrogens with two attached hydrogens (primary N) is 1. The van der Waals surface area contributed by atoms with E-state index in [-0.39, 0.29) is 0 Å². The van der Waals surface area contributed by atoms with E-state index in [1.165, 1.54) is 0 Å². The Morgan fingerprint density at radius 3 is 2.58 bits per heavy atom. The minimum Gasteiger partial charge on any atom is -0.381 e. The molecule has 2 aliphatic heterocycles. The summed E-state index contributed by atoms with van der Waals surface area (Å²) in [4.78, 5) is 21.7. The number of hydrogen-bond acceptors (Lipinski definition) is 6. The highest BCUT2D eigenvalue weighted by atomic mass is 16.5. The first kappa shape index (κ1) is 21.6. The van der Waals surface area contributed by atoms with Crippen LogP contribution in [0.2, 0.25) is 0 Å². The Labute approximate surface area is 184 Å². The van der Waals surface area contributed by atoms with Crippen LogP contribution < -0.4 is 20.9 Å². The molecule has 7 nitrogen and oxygen atoms in total. The lowest BCUT2D eigenvalue weighted by Crippen LogP contribution is -2.43. The van der Waals surface area contributed by atoms with Crippen molar-refractivity contribution in [1.29, 1.82) is 0 Å². The first-order valence-corrected chi connectivity index (χ1v) is 11.3. The van der Waals surface area contributed by atoms with E-state index >= 15 is 0 Å². The summed E-state index contributed by atoms with van der Waals surface area (Å²) in [7, 11) is 0. The van der Waals surface area contributed by atoms with Crippen molar-refractivity contribution >= 4 is 17.4 Å². The predicted molar refractivity (Wildman–Crippen MR) is 125 cm³/mol. The smallest absolute Gasteiger partial charge is 0.249 e. The molecule has 0 saturated carbocycles. The molecule has 7 heteroatoms. The number of nitrogens with one attached hydrogen (secondary N) is 1. The maximum Gasteiger partial charge on any atom is 0.249 e. The van der Waals surface area contributed by atoms with Crippen LogP contribution in [-0.4, -0.2) is 62.9 Å². The Bertz CT molecular complexity index is 903. The summed E-state index contributed by atoms with van der Waals surface area (Å²) >= 11 is 0. The van der Waals surface area contributed by atoms with Gasteiger partial charge in [-0.25, -0.2) is 4.98 Å². The van der Waals surface area contributed by atoms with Crippen LogP contribution in [0.25, 0.3) is 11.1 Å². The number of primary amides is 1. The van der Waals surface area contributed by atoms with Crippen molar-refractivity contribution < 1.29 is 9.53 Å². The van der Waals surface area contributed by atoms with Crippen LogP contribution in [0.4, 0.5) is 11.5 Å². The van der Waals surface area contributed by atoms with Gasteiger partial charge in [0.05, 0.1) is 0 Å². The van der Waals surface area contributed by atoms with E-state index < -0.39 is 5.91 Å². The van der Waals surface area contributed by atoms with Crippen LogP contribution in [0, 0.1) is 6.92 Å². The van der Waals surface area contributed by atoms with Gasteiger partial charge in [0.25, 0.3) is 0 Å². The van der Waals surface area contributed by atoms with E-state index in [2.05, 4.69) is 40.2 Å². The number of carbonyl (C=O) groups is 1. The number of piperazine rings is 1. The first-order chi connectivity index (χ1) is 15.1. The van der Waals surface area contributed by atoms with Crippen LogP contribution in [0.5, 0.6) is 0 Å². The van der Waals surface area contributed by atoms with Gasteiger partial charge in [0, 0.05) is 75.0 Å². The molecule has 3 heterocycles. The third kappa shape index (κ3) is 4.67. The third-order valence-electron chi connectivity index (χ3n) is 6.45. The molecule has 0 unspecified atom stereocenters. The zero-order chi connectivity index (χ0) is 21.8. The molecule has 4 rings (SSSR count). The molecular formula is C24H33N5O2. The van der Waals surface area contributed by atoms with E-state index in [1.807, 2.05) is 19.2 Å². The molecule has 31 heavy (non-hydrogen) atoms. The minimum atomic E-state index is -0.394. The van der Waals surface area contributed by atoms with Crippen molar-refractivity contribution in [2.24, 2.45) is 5.73 Å². The molecule has 1 aromatic carbocycles. The van der Waals surface area contributed by atoms with Crippen LogP contribution in [-0.2, 0) is 4.74 Å². The Kier molecular flexibility index (Phi) is 6.73. The van der Waals surface area contributed by atoms with E-state index in [0.29, 0.717) is 11.6 Å². The monoisotopic (exact) mass is 423 g/mol. The second-order valence-electron chi connectivity index (χ2n) is 8.30. The molecule has 0 aliphatic carbocycles. The van der Waals surface area contributed by atoms with Crippen LogP contribution in [0.3, 0.4) is 0 Å². The lowest BCUT2D eigenvalue weighted by molar-refractivity contribution is 0.0846. The molecule has 2 saturated heterocycles. The van der Waals surface area contributed by atoms with Crippen LogP contribution >= 0.6 is 0 Å². The average Bonchev–Trinajstić information content (AvgIpc) is 2.82. The maximum absolute atomic E-state index is 12.3. The Morgan fingerprint density at radius 1 is 1.23 bits per heavy atom. The maximum atomic E-state index is 12.3. The highest BCUT2D eigenvalue weighted by Crippen LogP contribution is 2.33. The lowest BCUT2D eigenvalue weighted by Gasteiger charge is -2.37. The molecule has 0 bridgehead atoms. The molecule has 3 N–H and O–H groups in total. The molecular weight excluding hydrogens is 390 g/mol. The van der Waals surface area contributed by atoms with Crippen molar-refractivity contribution in [3.8, 4) is 11.1 Å². The first-order valence-electron chi connectivity index (χ1n) is 11.3. The van der Waals surface area contributed by atoms with E-state index in [0.717, 1.165) is 87.0 Å². The van der Waals surface area contributed by atoms with Crippen molar-refractivity contribution in [2.75, 3.05) is 55.7 Å². The molecule has 0 spiro atoms.